The molecule has 1 saturated carbocycles. The number of carbonyl (C=O) groups is 2. The average molecular weight is 452 g/mol. The second-order valence-electron chi connectivity index (χ2n) is 7.66. The van der Waals surface area contributed by atoms with Gasteiger partial charge in [-0.05, 0) is 31.0 Å². The summed E-state index contributed by atoms with van der Waals surface area (Å²) in [5.74, 6) is -5.63. The quantitative estimate of drug-likeness (QED) is 0.726. The minimum Gasteiger partial charge on any atom is -0.478 e. The van der Waals surface area contributed by atoms with Crippen LogP contribution in [-0.4, -0.2) is 52.5 Å². The monoisotopic (exact) mass is 451 g/mol. The minimum atomic E-state index is -3.55. The van der Waals surface area contributed by atoms with E-state index in [1.54, 1.807) is 0 Å². The molecule has 31 heavy (non-hydrogen) atoms. The molecule has 1 aromatic heterocycles. The third-order valence-corrected chi connectivity index (χ3v) is 5.91. The molecule has 1 aliphatic carbocycles. The molecule has 11 heteroatoms. The van der Waals surface area contributed by atoms with Gasteiger partial charge in [0, 0.05) is 13.1 Å². The number of nitrogens with zero attached hydrogens (tertiary/aromatic N) is 4. The normalized spacial score (nSPS) is 18.6. The zero-order valence-electron chi connectivity index (χ0n) is 16.6. The number of aromatic nitrogens is 2. The first kappa shape index (κ1) is 21.2. The first-order chi connectivity index (χ1) is 14.7. The van der Waals surface area contributed by atoms with E-state index in [1.165, 1.54) is 36.3 Å². The van der Waals surface area contributed by atoms with Crippen molar-refractivity contribution in [2.24, 2.45) is 0 Å². The fraction of sp³-hybridized carbons (Fsp3) is 0.400. The predicted octanol–water partition coefficient (Wildman–Crippen LogP) is 3.93. The van der Waals surface area contributed by atoms with Gasteiger partial charge in [0.1, 0.15) is 5.69 Å². The second kappa shape index (κ2) is 7.92. The molecule has 0 bridgehead atoms. The average Bonchev–Trinajstić information content (AvgIpc) is 3.24. The molecule has 8 nitrogen and oxygen atoms in total. The Balaban J connectivity index is 1.73. The van der Waals surface area contributed by atoms with Crippen LogP contribution < -0.4 is 15.1 Å². The van der Waals surface area contributed by atoms with E-state index in [0.29, 0.717) is 5.69 Å². The number of alkyl halides is 2. The molecule has 0 atom stereocenters. The van der Waals surface area contributed by atoms with Crippen molar-refractivity contribution < 1.29 is 23.5 Å². The lowest BCUT2D eigenvalue weighted by Crippen LogP contribution is -2.48. The number of fused-ring (bicyclic) bond motifs is 1. The molecule has 2 aromatic rings. The van der Waals surface area contributed by atoms with Crippen LogP contribution in [0.3, 0.4) is 0 Å². The number of aromatic carboxylic acids is 1. The highest BCUT2D eigenvalue weighted by Crippen LogP contribution is 2.39. The summed E-state index contributed by atoms with van der Waals surface area (Å²) in [5, 5.41) is 12.1. The van der Waals surface area contributed by atoms with Gasteiger partial charge in [-0.15, -0.1) is 0 Å². The van der Waals surface area contributed by atoms with Crippen LogP contribution in [0.4, 0.5) is 31.9 Å². The van der Waals surface area contributed by atoms with Crippen LogP contribution in [0.25, 0.3) is 0 Å². The molecule has 0 radical (unpaired) electrons. The van der Waals surface area contributed by atoms with Crippen LogP contribution in [0.5, 0.6) is 0 Å². The molecule has 0 spiro atoms. The molecule has 2 aliphatic rings. The number of anilines is 4. The summed E-state index contributed by atoms with van der Waals surface area (Å²) in [4.78, 5) is 34.4. The fourth-order valence-corrected chi connectivity index (χ4v) is 4.20. The van der Waals surface area contributed by atoms with Crippen molar-refractivity contribution in [1.82, 2.24) is 9.97 Å². The number of benzene rings is 1. The third-order valence-electron chi connectivity index (χ3n) is 5.60. The van der Waals surface area contributed by atoms with E-state index >= 15 is 0 Å². The minimum absolute atomic E-state index is 0.0215. The first-order valence-electron chi connectivity index (χ1n) is 9.77. The number of halogens is 3. The summed E-state index contributed by atoms with van der Waals surface area (Å²) in [6.45, 7) is -0.752. The molecule has 0 saturated heterocycles. The number of nitrogens with one attached hydrogen (secondary N) is 1. The van der Waals surface area contributed by atoms with E-state index in [-0.39, 0.29) is 34.1 Å². The van der Waals surface area contributed by atoms with Crippen LogP contribution in [0.15, 0.2) is 24.4 Å². The Hall–Kier alpha value is -3.01. The summed E-state index contributed by atoms with van der Waals surface area (Å²) in [6, 6.07) is 3.98. The molecular weight excluding hydrogens is 432 g/mol. The Morgan fingerprint density at radius 3 is 2.68 bits per heavy atom. The van der Waals surface area contributed by atoms with Gasteiger partial charge < -0.3 is 20.2 Å². The van der Waals surface area contributed by atoms with Gasteiger partial charge in [0.25, 0.3) is 5.91 Å². The van der Waals surface area contributed by atoms with E-state index in [9.17, 15) is 18.4 Å². The van der Waals surface area contributed by atoms with Crippen molar-refractivity contribution in [2.75, 3.05) is 28.7 Å². The highest BCUT2D eigenvalue weighted by molar-refractivity contribution is 6.33. The zero-order chi connectivity index (χ0) is 22.3. The van der Waals surface area contributed by atoms with E-state index in [0.717, 1.165) is 30.6 Å². The summed E-state index contributed by atoms with van der Waals surface area (Å²) in [7, 11) is 1.28. The number of hydrogen-bond acceptors (Lipinski definition) is 6. The molecule has 4 rings (SSSR count). The van der Waals surface area contributed by atoms with E-state index in [4.69, 9.17) is 16.7 Å². The highest BCUT2D eigenvalue weighted by atomic mass is 35.5. The number of carbonyl (C=O) groups excluding carboxylic acids is 1. The number of carboxylic acid groups (broad SMARTS) is 1. The number of carboxylic acids is 1. The van der Waals surface area contributed by atoms with Gasteiger partial charge >= 0.3 is 11.9 Å². The smallest absolute Gasteiger partial charge is 0.342 e. The van der Waals surface area contributed by atoms with Crippen molar-refractivity contribution in [3.63, 3.8) is 0 Å². The lowest BCUT2D eigenvalue weighted by molar-refractivity contribution is -0.140. The van der Waals surface area contributed by atoms with Crippen molar-refractivity contribution in [3.05, 3.63) is 35.0 Å². The molecule has 1 fully saturated rings. The second-order valence-corrected chi connectivity index (χ2v) is 8.07. The van der Waals surface area contributed by atoms with Gasteiger partial charge in [-0.1, -0.05) is 24.4 Å². The molecule has 1 aromatic carbocycles. The maximum atomic E-state index is 14.6. The van der Waals surface area contributed by atoms with Gasteiger partial charge in [-0.25, -0.2) is 9.78 Å². The Morgan fingerprint density at radius 2 is 2.03 bits per heavy atom. The number of rotatable bonds is 4. The van der Waals surface area contributed by atoms with Gasteiger partial charge in [0.2, 0.25) is 5.95 Å². The molecule has 1 amide bonds. The molecule has 2 N–H and O–H groups in total. The van der Waals surface area contributed by atoms with Gasteiger partial charge in [0.15, 0.2) is 5.82 Å². The summed E-state index contributed by atoms with van der Waals surface area (Å²) >= 11 is 6.16. The Kier molecular flexibility index (Phi) is 5.42. The van der Waals surface area contributed by atoms with Gasteiger partial charge in [-0.2, -0.15) is 13.8 Å². The SMILES string of the molecule is CN1C(=O)C(F)(F)CN(C2CCCC2)c2nc(Nc3ccc(C(=O)O)cc3Cl)ncc21. The van der Waals surface area contributed by atoms with Crippen LogP contribution in [0.2, 0.25) is 5.02 Å². The van der Waals surface area contributed by atoms with E-state index in [2.05, 4.69) is 15.3 Å². The van der Waals surface area contributed by atoms with Gasteiger partial charge in [-0.3, -0.25) is 4.79 Å². The van der Waals surface area contributed by atoms with Crippen molar-refractivity contribution in [1.29, 1.82) is 0 Å². The molecule has 1 aliphatic heterocycles. The Labute approximate surface area is 181 Å². The largest absolute Gasteiger partial charge is 0.478 e. The summed E-state index contributed by atoms with van der Waals surface area (Å²) < 4.78 is 29.2. The van der Waals surface area contributed by atoms with Crippen molar-refractivity contribution in [2.45, 2.75) is 37.6 Å². The maximum absolute atomic E-state index is 14.6. The van der Waals surface area contributed by atoms with Crippen LogP contribution in [-0.2, 0) is 4.79 Å². The van der Waals surface area contributed by atoms with E-state index < -0.39 is 24.3 Å². The van der Waals surface area contributed by atoms with Crippen LogP contribution in [0, 0.1) is 0 Å². The highest BCUT2D eigenvalue weighted by Gasteiger charge is 2.48. The molecule has 2 heterocycles. The standard InChI is InChI=1S/C20H20ClF2N5O3/c1-27-15-9-24-19(25-14-7-6-11(17(29)30)8-13(14)21)26-16(15)28(12-4-2-3-5-12)10-20(22,23)18(27)31/h6-9,12H,2-5,10H2,1H3,(H,29,30)(H,24,25,26). The number of amides is 1. The maximum Gasteiger partial charge on any atom is 0.342 e. The van der Waals surface area contributed by atoms with E-state index in [1.807, 2.05) is 0 Å². The molecular formula is C20H20ClF2N5O3. The number of hydrogen-bond donors (Lipinski definition) is 2. The zero-order valence-corrected chi connectivity index (χ0v) is 17.4. The molecule has 0 unspecified atom stereocenters. The third kappa shape index (κ3) is 3.99. The predicted molar refractivity (Wildman–Crippen MR) is 112 cm³/mol. The first-order valence-corrected chi connectivity index (χ1v) is 10.1. The fourth-order valence-electron chi connectivity index (χ4n) is 3.97. The van der Waals surface area contributed by atoms with Crippen LogP contribution in [0.1, 0.15) is 36.0 Å². The lowest BCUT2D eigenvalue weighted by atomic mass is 10.2. The van der Waals surface area contributed by atoms with Crippen LogP contribution >= 0.6 is 11.6 Å². The van der Waals surface area contributed by atoms with Crippen molar-refractivity contribution in [3.8, 4) is 0 Å². The lowest BCUT2D eigenvalue weighted by Gasteiger charge is -2.31. The topological polar surface area (TPSA) is 98.7 Å². The molecule has 164 valence electrons. The Bertz CT molecular complexity index is 1050. The Morgan fingerprint density at radius 1 is 1.32 bits per heavy atom. The summed E-state index contributed by atoms with van der Waals surface area (Å²) in [6.07, 6.45) is 4.65. The summed E-state index contributed by atoms with van der Waals surface area (Å²) in [5.41, 5.74) is 0.586. The van der Waals surface area contributed by atoms with Crippen molar-refractivity contribution >= 4 is 46.6 Å². The van der Waals surface area contributed by atoms with Gasteiger partial charge in [0.05, 0.1) is 29.0 Å².